The van der Waals surface area contributed by atoms with Gasteiger partial charge in [-0.1, -0.05) is 64.0 Å². The Morgan fingerprint density at radius 2 is 1.56 bits per heavy atom. The maximum Gasteiger partial charge on any atom is 0.192 e. The Morgan fingerprint density at radius 1 is 0.911 bits per heavy atom. The minimum atomic E-state index is -1.95. The van der Waals surface area contributed by atoms with Crippen molar-refractivity contribution in [1.29, 1.82) is 0 Å². The van der Waals surface area contributed by atoms with E-state index in [2.05, 4.69) is 38.8 Å². The first-order chi connectivity index (χ1) is 21.0. The van der Waals surface area contributed by atoms with Crippen LogP contribution >= 0.6 is 23.4 Å². The molecule has 0 aliphatic heterocycles. The van der Waals surface area contributed by atoms with Crippen LogP contribution < -0.4 is 9.47 Å². The Kier molecular flexibility index (Phi) is 10.7. The van der Waals surface area contributed by atoms with Gasteiger partial charge in [-0.2, -0.15) is 0 Å². The summed E-state index contributed by atoms with van der Waals surface area (Å²) in [5, 5.41) is 1.03. The van der Waals surface area contributed by atoms with Gasteiger partial charge < -0.3 is 13.9 Å². The molecule has 0 atom stereocenters. The maximum atomic E-state index is 15.2. The molecule has 1 aromatic heterocycles. The first-order valence-electron chi connectivity index (χ1n) is 14.6. The molecule has 0 aliphatic rings. The number of hydrogen-bond donors (Lipinski definition) is 0. The second-order valence-corrected chi connectivity index (χ2v) is 19.0. The average molecular weight is 677 g/mol. The first kappa shape index (κ1) is 34.9. The summed E-state index contributed by atoms with van der Waals surface area (Å²) >= 11 is 7.46. The van der Waals surface area contributed by atoms with Crippen LogP contribution in [0.2, 0.25) is 23.2 Å². The number of benzene rings is 3. The fourth-order valence-electron chi connectivity index (χ4n) is 4.52. The van der Waals surface area contributed by atoms with Gasteiger partial charge in [0.15, 0.2) is 13.5 Å². The lowest BCUT2D eigenvalue weighted by Gasteiger charge is -2.36. The quantitative estimate of drug-likeness (QED) is 0.0849. The zero-order chi connectivity index (χ0) is 33.2. The number of halogens is 4. The fourth-order valence-corrected chi connectivity index (χ4v) is 6.75. The van der Waals surface area contributed by atoms with Crippen LogP contribution in [0.5, 0.6) is 11.5 Å². The minimum absolute atomic E-state index is 0.0285. The van der Waals surface area contributed by atoms with E-state index in [-0.39, 0.29) is 34.5 Å². The van der Waals surface area contributed by atoms with Crippen LogP contribution in [0.1, 0.15) is 51.4 Å². The summed E-state index contributed by atoms with van der Waals surface area (Å²) in [6.07, 6.45) is 1.72. The number of hydrogen-bond acceptors (Lipinski definition) is 5. The van der Waals surface area contributed by atoms with Crippen molar-refractivity contribution in [2.75, 3.05) is 20.3 Å². The summed E-state index contributed by atoms with van der Waals surface area (Å²) in [6.45, 7) is 15.3. The lowest BCUT2D eigenvalue weighted by molar-refractivity contribution is 0.202. The summed E-state index contributed by atoms with van der Waals surface area (Å²) in [5.41, 5.74) is 1.64. The van der Waals surface area contributed by atoms with E-state index in [9.17, 15) is 4.39 Å². The summed E-state index contributed by atoms with van der Waals surface area (Å²) in [7, 11) is -0.401. The van der Waals surface area contributed by atoms with Gasteiger partial charge >= 0.3 is 0 Å². The van der Waals surface area contributed by atoms with Crippen molar-refractivity contribution in [1.82, 2.24) is 9.55 Å². The van der Waals surface area contributed by atoms with Crippen LogP contribution in [0.15, 0.2) is 66.0 Å². The Hall–Kier alpha value is -2.92. The van der Waals surface area contributed by atoms with E-state index in [0.29, 0.717) is 28.2 Å². The Labute approximate surface area is 274 Å². The lowest BCUT2D eigenvalue weighted by atomic mass is 9.81. The largest absolute Gasteiger partial charge is 0.495 e. The molecule has 0 fully saturated rings. The van der Waals surface area contributed by atoms with E-state index < -0.39 is 25.4 Å². The number of imidazole rings is 1. The molecular formula is C34H40ClF3N2O3SSi. The van der Waals surface area contributed by atoms with E-state index in [4.69, 9.17) is 25.5 Å². The van der Waals surface area contributed by atoms with Crippen LogP contribution in [0.4, 0.5) is 13.2 Å². The molecule has 5 nitrogen and oxygen atoms in total. The smallest absolute Gasteiger partial charge is 0.192 e. The van der Waals surface area contributed by atoms with E-state index in [0.717, 1.165) is 11.3 Å². The maximum absolute atomic E-state index is 15.2. The van der Waals surface area contributed by atoms with Gasteiger partial charge in [0.25, 0.3) is 0 Å². The number of ether oxygens (including phenoxy) is 2. The topological polar surface area (TPSA) is 45.5 Å². The van der Waals surface area contributed by atoms with Gasteiger partial charge in [-0.15, -0.1) is 0 Å². The highest BCUT2D eigenvalue weighted by Crippen LogP contribution is 2.40. The van der Waals surface area contributed by atoms with Gasteiger partial charge in [0.1, 0.15) is 35.6 Å². The molecule has 0 spiro atoms. The Balaban J connectivity index is 1.57. The second-order valence-electron chi connectivity index (χ2n) is 12.8. The van der Waals surface area contributed by atoms with Crippen LogP contribution in [0.25, 0.3) is 5.69 Å². The zero-order valence-electron chi connectivity index (χ0n) is 26.9. The molecule has 0 aliphatic carbocycles. The van der Waals surface area contributed by atoms with Crippen molar-refractivity contribution in [2.24, 2.45) is 0 Å². The first-order valence-corrected chi connectivity index (χ1v) is 18.9. The molecule has 0 N–H and O–H groups in total. The van der Waals surface area contributed by atoms with Crippen LogP contribution in [0, 0.1) is 17.5 Å². The molecule has 1 heterocycles. The normalized spacial score (nSPS) is 12.4. The number of nitrogens with zero attached hydrogens (tertiary/aromatic N) is 2. The highest BCUT2D eigenvalue weighted by molar-refractivity contribution is 7.98. The summed E-state index contributed by atoms with van der Waals surface area (Å²) in [5.74, 6) is -1.19. The molecule has 45 heavy (non-hydrogen) atoms. The van der Waals surface area contributed by atoms with Gasteiger partial charge in [0, 0.05) is 34.6 Å². The highest BCUT2D eigenvalue weighted by atomic mass is 35.5. The predicted molar refractivity (Wildman–Crippen MR) is 178 cm³/mol. The van der Waals surface area contributed by atoms with E-state index in [1.165, 1.54) is 36.0 Å². The summed E-state index contributed by atoms with van der Waals surface area (Å²) in [4.78, 5) is 4.64. The third-order valence-corrected chi connectivity index (χ3v) is 14.2. The van der Waals surface area contributed by atoms with Gasteiger partial charge in [-0.05, 0) is 60.1 Å². The monoisotopic (exact) mass is 676 g/mol. The molecule has 0 saturated heterocycles. The van der Waals surface area contributed by atoms with Crippen molar-refractivity contribution < 1.29 is 27.1 Å². The molecule has 0 bridgehead atoms. The molecule has 0 amide bonds. The van der Waals surface area contributed by atoms with E-state index in [1.54, 1.807) is 31.5 Å². The van der Waals surface area contributed by atoms with Crippen molar-refractivity contribution in [3.05, 3.63) is 100 Å². The van der Waals surface area contributed by atoms with Crippen LogP contribution in [0.3, 0.4) is 0 Å². The standard InChI is InChI=1S/C34H40ClF3N2O3SSi/c1-33(2,3)45(7,8)43-16-15-42-25-18-28(37)26(29(38)19-25)21-44-32-39-20-31(40(32)24-12-10-23(36)11-13-24)34(4,5)22-9-14-27(35)30(17-22)41-6/h9-14,17-20H,15-16,21H2,1-8H3. The number of methoxy groups -OCH3 is 1. The Bertz CT molecular complexity index is 1620. The van der Waals surface area contributed by atoms with E-state index in [1.807, 2.05) is 30.5 Å². The van der Waals surface area contributed by atoms with Crippen molar-refractivity contribution >= 4 is 31.7 Å². The molecule has 242 valence electrons. The SMILES string of the molecule is COc1cc(C(C)(C)c2cnc(SCc3c(F)cc(OCCO[Si](C)(C)C(C)(C)C)cc3F)n2-c2ccc(F)cc2)ccc1Cl. The predicted octanol–water partition coefficient (Wildman–Crippen LogP) is 9.97. The molecule has 3 aromatic carbocycles. The molecule has 0 saturated carbocycles. The molecule has 11 heteroatoms. The lowest BCUT2D eigenvalue weighted by Crippen LogP contribution is -2.41. The Morgan fingerprint density at radius 3 is 2.16 bits per heavy atom. The number of thioether (sulfide) groups is 1. The summed E-state index contributed by atoms with van der Waals surface area (Å²) in [6, 6.07) is 13.9. The molecule has 0 unspecified atom stereocenters. The molecular weight excluding hydrogens is 637 g/mol. The van der Waals surface area contributed by atoms with Crippen molar-refractivity contribution in [3.63, 3.8) is 0 Å². The van der Waals surface area contributed by atoms with Gasteiger partial charge in [0.2, 0.25) is 0 Å². The molecule has 4 aromatic rings. The van der Waals surface area contributed by atoms with Crippen molar-refractivity contribution in [3.8, 4) is 17.2 Å². The minimum Gasteiger partial charge on any atom is -0.495 e. The average Bonchev–Trinajstić information content (AvgIpc) is 3.39. The summed E-state index contributed by atoms with van der Waals surface area (Å²) < 4.78 is 63.3. The zero-order valence-corrected chi connectivity index (χ0v) is 29.5. The van der Waals surface area contributed by atoms with Gasteiger partial charge in [-0.25, -0.2) is 18.2 Å². The van der Waals surface area contributed by atoms with E-state index >= 15 is 8.78 Å². The highest BCUT2D eigenvalue weighted by Gasteiger charge is 2.37. The second kappa shape index (κ2) is 13.8. The third-order valence-electron chi connectivity index (χ3n) is 8.41. The molecule has 4 rings (SSSR count). The van der Waals surface area contributed by atoms with Gasteiger partial charge in [0.05, 0.1) is 30.6 Å². The van der Waals surface area contributed by atoms with Gasteiger partial charge in [-0.3, -0.25) is 4.57 Å². The van der Waals surface area contributed by atoms with Crippen LogP contribution in [-0.4, -0.2) is 38.2 Å². The van der Waals surface area contributed by atoms with Crippen LogP contribution in [-0.2, 0) is 15.6 Å². The fraction of sp³-hybridized carbons (Fsp3) is 0.382. The molecule has 0 radical (unpaired) electrons. The third kappa shape index (κ3) is 7.91. The number of rotatable bonds is 12. The number of aromatic nitrogens is 2. The van der Waals surface area contributed by atoms with Crippen molar-refractivity contribution in [2.45, 2.75) is 69.1 Å².